The van der Waals surface area contributed by atoms with Crippen molar-refractivity contribution in [3.05, 3.63) is 70.4 Å². The molecule has 0 spiro atoms. The van der Waals surface area contributed by atoms with Gasteiger partial charge in [0.05, 0.1) is 24.4 Å². The largest absolute Gasteiger partial charge is 0.497 e. The van der Waals surface area contributed by atoms with Gasteiger partial charge in [-0.1, -0.05) is 23.7 Å². The van der Waals surface area contributed by atoms with Crippen LogP contribution in [-0.2, 0) is 11.3 Å². The molecule has 0 saturated heterocycles. The molecule has 0 bridgehead atoms. The first-order valence-corrected chi connectivity index (χ1v) is 10.4. The number of aliphatic hydroxyl groups is 1. The maximum atomic E-state index is 12.9. The Morgan fingerprint density at radius 1 is 1.32 bits per heavy atom. The molecule has 1 aromatic carbocycles. The number of carbonyl (C=O) groups is 1. The first kappa shape index (κ1) is 22.7. The third-order valence-corrected chi connectivity index (χ3v) is 5.35. The Morgan fingerprint density at radius 2 is 2.06 bits per heavy atom. The summed E-state index contributed by atoms with van der Waals surface area (Å²) >= 11 is 6.00. The van der Waals surface area contributed by atoms with E-state index in [2.05, 4.69) is 15.6 Å². The molecule has 0 fully saturated rings. The van der Waals surface area contributed by atoms with Crippen LogP contribution in [0.1, 0.15) is 23.8 Å². The minimum Gasteiger partial charge on any atom is -0.497 e. The van der Waals surface area contributed by atoms with E-state index >= 15 is 0 Å². The molecule has 0 saturated carbocycles. The van der Waals surface area contributed by atoms with Gasteiger partial charge in [-0.25, -0.2) is 0 Å². The average Bonchev–Trinajstić information content (AvgIpc) is 3.17. The van der Waals surface area contributed by atoms with Crippen LogP contribution in [0.3, 0.4) is 0 Å². The van der Waals surface area contributed by atoms with Gasteiger partial charge in [0, 0.05) is 33.4 Å². The molecule has 2 aromatic rings. The van der Waals surface area contributed by atoms with Crippen LogP contribution in [0.15, 0.2) is 54.1 Å². The van der Waals surface area contributed by atoms with Gasteiger partial charge in [0.2, 0.25) is 0 Å². The number of likely N-dealkylation sites (N-methyl/N-ethyl adjacent to an activating group) is 1. The van der Waals surface area contributed by atoms with Crippen molar-refractivity contribution in [2.45, 2.75) is 19.1 Å². The lowest BCUT2D eigenvalue weighted by atomic mass is 10.1. The minimum absolute atomic E-state index is 0.0766. The topological polar surface area (TPSA) is 90.0 Å². The maximum absolute atomic E-state index is 12.9. The predicted molar refractivity (Wildman–Crippen MR) is 119 cm³/mol. The number of nitrogens with one attached hydrogen (secondary N) is 2. The number of methoxy groups -OCH3 is 1. The number of halogens is 1. The summed E-state index contributed by atoms with van der Waals surface area (Å²) in [5, 5.41) is 16.0. The molecule has 31 heavy (non-hydrogen) atoms. The number of amides is 1. The Bertz CT molecular complexity index is 918. The fourth-order valence-corrected chi connectivity index (χ4v) is 3.61. The Kier molecular flexibility index (Phi) is 7.59. The second-order valence-electron chi connectivity index (χ2n) is 7.19. The fourth-order valence-electron chi connectivity index (χ4n) is 3.50. The number of nitrogens with zero attached hydrogens (tertiary/aromatic N) is 3. The Morgan fingerprint density at radius 3 is 2.65 bits per heavy atom. The summed E-state index contributed by atoms with van der Waals surface area (Å²) in [5.41, 5.74) is 2.27. The van der Waals surface area contributed by atoms with Gasteiger partial charge >= 0.3 is 0 Å². The van der Waals surface area contributed by atoms with Gasteiger partial charge in [-0.2, -0.15) is 0 Å². The highest BCUT2D eigenvalue weighted by Gasteiger charge is 2.37. The Balaban J connectivity index is 2.02. The normalized spacial score (nSPS) is 15.6. The number of aliphatic hydroxyl groups excluding tert-OH is 1. The van der Waals surface area contributed by atoms with E-state index in [9.17, 15) is 9.90 Å². The summed E-state index contributed by atoms with van der Waals surface area (Å²) in [6.45, 7) is 1.08. The van der Waals surface area contributed by atoms with Crippen molar-refractivity contribution in [2.24, 2.45) is 0 Å². The van der Waals surface area contributed by atoms with E-state index in [1.54, 1.807) is 26.4 Å². The molecule has 2 heterocycles. The zero-order valence-corrected chi connectivity index (χ0v) is 18.7. The quantitative estimate of drug-likeness (QED) is 0.544. The van der Waals surface area contributed by atoms with E-state index in [0.717, 1.165) is 17.0 Å². The number of aromatic nitrogens is 1. The van der Waals surface area contributed by atoms with Crippen molar-refractivity contribution in [1.29, 1.82) is 0 Å². The van der Waals surface area contributed by atoms with Gasteiger partial charge in [0.15, 0.2) is 0 Å². The van der Waals surface area contributed by atoms with Crippen molar-refractivity contribution < 1.29 is 14.6 Å². The molecule has 0 aliphatic carbocycles. The van der Waals surface area contributed by atoms with Crippen molar-refractivity contribution >= 4 is 17.5 Å². The van der Waals surface area contributed by atoms with Gasteiger partial charge in [-0.05, 0) is 36.2 Å². The van der Waals surface area contributed by atoms with E-state index in [4.69, 9.17) is 16.3 Å². The summed E-state index contributed by atoms with van der Waals surface area (Å²) in [7, 11) is 5.14. The molecular formula is C22H28ClN5O3. The third kappa shape index (κ3) is 5.21. The summed E-state index contributed by atoms with van der Waals surface area (Å²) in [6, 6.07) is 11.4. The predicted octanol–water partition coefficient (Wildman–Crippen LogP) is 2.08. The van der Waals surface area contributed by atoms with Gasteiger partial charge in [-0.3, -0.25) is 9.78 Å². The van der Waals surface area contributed by atoms with Crippen LogP contribution < -0.4 is 15.4 Å². The zero-order valence-electron chi connectivity index (χ0n) is 17.9. The lowest BCUT2D eigenvalue weighted by Crippen LogP contribution is -2.34. The molecule has 1 atom stereocenters. The van der Waals surface area contributed by atoms with Crippen LogP contribution in [-0.4, -0.2) is 60.2 Å². The molecule has 3 N–H and O–H groups in total. The van der Waals surface area contributed by atoms with Crippen LogP contribution in [0, 0.1) is 0 Å². The van der Waals surface area contributed by atoms with Gasteiger partial charge in [0.25, 0.3) is 5.91 Å². The highest BCUT2D eigenvalue weighted by atomic mass is 35.5. The highest BCUT2D eigenvalue weighted by molar-refractivity contribution is 6.30. The molecule has 1 amide bonds. The van der Waals surface area contributed by atoms with Crippen LogP contribution in [0.2, 0.25) is 5.02 Å². The Hall–Kier alpha value is -2.97. The van der Waals surface area contributed by atoms with Crippen molar-refractivity contribution in [3.8, 4) is 5.75 Å². The van der Waals surface area contributed by atoms with E-state index in [-0.39, 0.29) is 18.7 Å². The molecule has 1 aliphatic heterocycles. The van der Waals surface area contributed by atoms with Gasteiger partial charge in [-0.15, -0.1) is 0 Å². The first-order chi connectivity index (χ1) is 15.0. The fraction of sp³-hybridized carbons (Fsp3) is 0.364. The van der Waals surface area contributed by atoms with Crippen molar-refractivity contribution in [2.75, 3.05) is 34.4 Å². The monoisotopic (exact) mass is 445 g/mol. The second-order valence-corrected chi connectivity index (χ2v) is 7.63. The van der Waals surface area contributed by atoms with E-state index in [0.29, 0.717) is 36.1 Å². The minimum atomic E-state index is -0.290. The standard InChI is InChI=1S/C22H28ClN5O3/c1-24-22(30)19-21(27(2)11-4-12-29)26-20(15-5-9-18(31-3)10-6-15)28(19)14-17-8-7-16(23)13-25-17/h5-10,13,20,26,29H,4,11-12,14H2,1-3H3,(H,24,30). The van der Waals surface area contributed by atoms with Crippen LogP contribution >= 0.6 is 11.6 Å². The van der Waals surface area contributed by atoms with Crippen molar-refractivity contribution in [1.82, 2.24) is 25.4 Å². The Labute approximate surface area is 187 Å². The number of hydrogen-bond donors (Lipinski definition) is 3. The molecule has 1 aromatic heterocycles. The summed E-state index contributed by atoms with van der Waals surface area (Å²) in [4.78, 5) is 21.3. The SMILES string of the molecule is CNC(=O)C1=C(N(C)CCCO)NC(c2ccc(OC)cc2)N1Cc1ccc(Cl)cn1. The molecule has 9 heteroatoms. The zero-order chi connectivity index (χ0) is 22.4. The summed E-state index contributed by atoms with van der Waals surface area (Å²) < 4.78 is 5.28. The van der Waals surface area contributed by atoms with Crippen LogP contribution in [0.5, 0.6) is 5.75 Å². The van der Waals surface area contributed by atoms with Gasteiger partial charge < -0.3 is 30.3 Å². The molecule has 3 rings (SSSR count). The van der Waals surface area contributed by atoms with Crippen LogP contribution in [0.25, 0.3) is 0 Å². The molecule has 1 aliphatic rings. The van der Waals surface area contributed by atoms with Crippen molar-refractivity contribution in [3.63, 3.8) is 0 Å². The van der Waals surface area contributed by atoms with Gasteiger partial charge in [0.1, 0.15) is 23.4 Å². The van der Waals surface area contributed by atoms with E-state index < -0.39 is 0 Å². The molecule has 166 valence electrons. The number of benzene rings is 1. The average molecular weight is 446 g/mol. The molecule has 0 radical (unpaired) electrons. The lowest BCUT2D eigenvalue weighted by molar-refractivity contribution is -0.118. The van der Waals surface area contributed by atoms with E-state index in [1.165, 1.54) is 0 Å². The summed E-state index contributed by atoms with van der Waals surface area (Å²) in [6.07, 6.45) is 1.90. The first-order valence-electron chi connectivity index (χ1n) is 10.0. The summed E-state index contributed by atoms with van der Waals surface area (Å²) in [5.74, 6) is 1.25. The number of pyridine rings is 1. The highest BCUT2D eigenvalue weighted by Crippen LogP contribution is 2.34. The molecule has 1 unspecified atom stereocenters. The molecular weight excluding hydrogens is 418 g/mol. The maximum Gasteiger partial charge on any atom is 0.271 e. The number of carbonyl (C=O) groups excluding carboxylic acids is 1. The number of rotatable bonds is 9. The van der Waals surface area contributed by atoms with Crippen LogP contribution in [0.4, 0.5) is 0 Å². The lowest BCUT2D eigenvalue weighted by Gasteiger charge is -2.28. The smallest absolute Gasteiger partial charge is 0.271 e. The molecule has 8 nitrogen and oxygen atoms in total. The number of hydrogen-bond acceptors (Lipinski definition) is 7. The van der Waals surface area contributed by atoms with E-state index in [1.807, 2.05) is 47.2 Å². The second kappa shape index (κ2) is 10.4. The third-order valence-electron chi connectivity index (χ3n) is 5.12. The number of ether oxygens (including phenoxy) is 1.